The summed E-state index contributed by atoms with van der Waals surface area (Å²) < 4.78 is 28.7. The Morgan fingerprint density at radius 1 is 1.12 bits per heavy atom. The highest BCUT2D eigenvalue weighted by Gasteiger charge is 2.21. The van der Waals surface area contributed by atoms with Crippen molar-refractivity contribution in [2.24, 2.45) is 0 Å². The molecule has 6 heteroatoms. The zero-order valence-corrected chi connectivity index (χ0v) is 17.3. The molecule has 5 nitrogen and oxygen atoms in total. The van der Waals surface area contributed by atoms with Crippen LogP contribution in [0.2, 0.25) is 0 Å². The number of methoxy groups -OCH3 is 1. The molecule has 0 bridgehead atoms. The summed E-state index contributed by atoms with van der Waals surface area (Å²) in [7, 11) is -1.60. The van der Waals surface area contributed by atoms with E-state index in [1.54, 1.807) is 26.8 Å². The molecule has 1 rings (SSSR count). The third-order valence-electron chi connectivity index (χ3n) is 4.05. The van der Waals surface area contributed by atoms with Crippen molar-refractivity contribution in [1.29, 1.82) is 0 Å². The van der Waals surface area contributed by atoms with Crippen LogP contribution in [0.1, 0.15) is 64.5 Å². The minimum atomic E-state index is -3.22. The van der Waals surface area contributed by atoms with Gasteiger partial charge in [0.15, 0.2) is 0 Å². The van der Waals surface area contributed by atoms with Gasteiger partial charge in [0.05, 0.1) is 26.4 Å². The first kappa shape index (κ1) is 22.9. The SMILES string of the molecule is CCCCC(=CP(=O)(OCC)OCC)CCC(O)c1ccc(OC)cc1. The first-order chi connectivity index (χ1) is 12.5. The van der Waals surface area contributed by atoms with Crippen LogP contribution in [0.15, 0.2) is 35.7 Å². The molecule has 0 saturated heterocycles. The van der Waals surface area contributed by atoms with Crippen molar-refractivity contribution >= 4 is 7.60 Å². The first-order valence-corrected chi connectivity index (χ1v) is 11.0. The van der Waals surface area contributed by atoms with E-state index in [1.807, 2.05) is 24.3 Å². The lowest BCUT2D eigenvalue weighted by Crippen LogP contribution is -2.00. The van der Waals surface area contributed by atoms with Gasteiger partial charge < -0.3 is 18.9 Å². The van der Waals surface area contributed by atoms with Crippen molar-refractivity contribution in [2.45, 2.75) is 59.0 Å². The molecular weight excluding hydrogens is 351 g/mol. The van der Waals surface area contributed by atoms with E-state index in [9.17, 15) is 9.67 Å². The highest BCUT2D eigenvalue weighted by molar-refractivity contribution is 7.57. The average molecular weight is 384 g/mol. The van der Waals surface area contributed by atoms with E-state index >= 15 is 0 Å². The molecule has 1 unspecified atom stereocenters. The quantitative estimate of drug-likeness (QED) is 0.432. The summed E-state index contributed by atoms with van der Waals surface area (Å²) in [6.45, 7) is 6.40. The molecule has 0 saturated carbocycles. The molecule has 1 aromatic carbocycles. The van der Waals surface area contributed by atoms with Crippen LogP contribution in [0.4, 0.5) is 0 Å². The number of hydrogen-bond acceptors (Lipinski definition) is 5. The maximum absolute atomic E-state index is 12.8. The first-order valence-electron chi connectivity index (χ1n) is 9.39. The summed E-state index contributed by atoms with van der Waals surface area (Å²) in [5.41, 5.74) is 1.86. The molecule has 0 aliphatic carbocycles. The Kier molecular flexibility index (Phi) is 10.8. The summed E-state index contributed by atoms with van der Waals surface area (Å²) in [5, 5.41) is 10.5. The van der Waals surface area contributed by atoms with Gasteiger partial charge >= 0.3 is 7.60 Å². The molecule has 0 aliphatic heterocycles. The summed E-state index contributed by atoms with van der Waals surface area (Å²) >= 11 is 0. The van der Waals surface area contributed by atoms with Crippen molar-refractivity contribution in [3.05, 3.63) is 41.2 Å². The second-order valence-corrected chi connectivity index (χ2v) is 7.95. The third kappa shape index (κ3) is 8.05. The van der Waals surface area contributed by atoms with E-state index < -0.39 is 13.7 Å². The number of aliphatic hydroxyl groups is 1. The number of ether oxygens (including phenoxy) is 1. The predicted octanol–water partition coefficient (Wildman–Crippen LogP) is 5.85. The second-order valence-electron chi connectivity index (χ2n) is 6.09. The number of hydrogen-bond donors (Lipinski definition) is 1. The van der Waals surface area contributed by atoms with E-state index in [2.05, 4.69) is 6.92 Å². The minimum absolute atomic E-state index is 0.337. The van der Waals surface area contributed by atoms with E-state index in [0.29, 0.717) is 26.1 Å². The maximum Gasteiger partial charge on any atom is 0.354 e. The van der Waals surface area contributed by atoms with Crippen molar-refractivity contribution in [3.63, 3.8) is 0 Å². The number of unbranched alkanes of at least 4 members (excludes halogenated alkanes) is 1. The molecule has 0 amide bonds. The number of aliphatic hydroxyl groups excluding tert-OH is 1. The van der Waals surface area contributed by atoms with Crippen molar-refractivity contribution in [3.8, 4) is 5.75 Å². The monoisotopic (exact) mass is 384 g/mol. The molecule has 0 aromatic heterocycles. The largest absolute Gasteiger partial charge is 0.497 e. The highest BCUT2D eigenvalue weighted by Crippen LogP contribution is 2.51. The van der Waals surface area contributed by atoms with E-state index in [0.717, 1.165) is 36.1 Å². The Labute approximate surface area is 157 Å². The van der Waals surface area contributed by atoms with Crippen LogP contribution in [0.3, 0.4) is 0 Å². The lowest BCUT2D eigenvalue weighted by molar-refractivity contribution is 0.167. The fourth-order valence-corrected chi connectivity index (χ4v) is 4.32. The Morgan fingerprint density at radius 3 is 2.23 bits per heavy atom. The van der Waals surface area contributed by atoms with Crippen LogP contribution in [0.5, 0.6) is 5.75 Å². The lowest BCUT2D eigenvalue weighted by atomic mass is 9.99. The number of benzene rings is 1. The van der Waals surface area contributed by atoms with Gasteiger partial charge in [-0.15, -0.1) is 0 Å². The Morgan fingerprint density at radius 2 is 1.73 bits per heavy atom. The molecular formula is C20H33O5P. The molecule has 148 valence electrons. The number of allylic oxidation sites excluding steroid dienone is 1. The van der Waals surface area contributed by atoms with Gasteiger partial charge in [-0.2, -0.15) is 0 Å². The van der Waals surface area contributed by atoms with Crippen molar-refractivity contribution in [2.75, 3.05) is 20.3 Å². The van der Waals surface area contributed by atoms with Crippen LogP contribution in [0.25, 0.3) is 0 Å². The zero-order chi connectivity index (χ0) is 19.4. The summed E-state index contributed by atoms with van der Waals surface area (Å²) in [5.74, 6) is 2.43. The third-order valence-corrected chi connectivity index (χ3v) is 5.97. The van der Waals surface area contributed by atoms with Crippen LogP contribution in [-0.2, 0) is 13.6 Å². The molecule has 0 heterocycles. The van der Waals surface area contributed by atoms with Crippen LogP contribution < -0.4 is 4.74 Å². The average Bonchev–Trinajstić information content (AvgIpc) is 2.64. The van der Waals surface area contributed by atoms with Gasteiger partial charge in [-0.3, -0.25) is 4.57 Å². The van der Waals surface area contributed by atoms with E-state index in [4.69, 9.17) is 13.8 Å². The summed E-state index contributed by atoms with van der Waals surface area (Å²) in [6, 6.07) is 7.41. The Bertz CT molecular complexity index is 572. The van der Waals surface area contributed by atoms with Gasteiger partial charge in [0.1, 0.15) is 5.75 Å². The smallest absolute Gasteiger partial charge is 0.354 e. The molecule has 1 N–H and O–H groups in total. The van der Waals surface area contributed by atoms with E-state index in [1.165, 1.54) is 0 Å². The standard InChI is InChI=1S/C20H33O5P/c1-5-8-9-17(16-26(22,24-6-2)25-7-3)10-15-20(21)18-11-13-19(23-4)14-12-18/h11-14,16,20-21H,5-10,15H2,1-4H3. The van der Waals surface area contributed by atoms with Gasteiger partial charge in [0.25, 0.3) is 0 Å². The number of rotatable bonds is 13. The fraction of sp³-hybridized carbons (Fsp3) is 0.600. The Balaban J connectivity index is 2.81. The lowest BCUT2D eigenvalue weighted by Gasteiger charge is -2.17. The maximum atomic E-state index is 12.8. The summed E-state index contributed by atoms with van der Waals surface area (Å²) in [4.78, 5) is 0. The van der Waals surface area contributed by atoms with Crippen LogP contribution in [-0.4, -0.2) is 25.4 Å². The van der Waals surface area contributed by atoms with Crippen LogP contribution >= 0.6 is 7.60 Å². The predicted molar refractivity (Wildman–Crippen MR) is 106 cm³/mol. The molecule has 1 atom stereocenters. The molecule has 0 spiro atoms. The van der Waals surface area contributed by atoms with Gasteiger partial charge in [-0.25, -0.2) is 0 Å². The molecule has 0 radical (unpaired) electrons. The summed E-state index contributed by atoms with van der Waals surface area (Å²) in [6.07, 6.45) is 3.51. The topological polar surface area (TPSA) is 65.0 Å². The minimum Gasteiger partial charge on any atom is -0.497 e. The highest BCUT2D eigenvalue weighted by atomic mass is 31.2. The zero-order valence-electron chi connectivity index (χ0n) is 16.4. The van der Waals surface area contributed by atoms with Crippen molar-refractivity contribution in [1.82, 2.24) is 0 Å². The van der Waals surface area contributed by atoms with Crippen LogP contribution in [0, 0.1) is 0 Å². The fourth-order valence-electron chi connectivity index (χ4n) is 2.67. The van der Waals surface area contributed by atoms with Crippen molar-refractivity contribution < 1.29 is 23.5 Å². The molecule has 1 aromatic rings. The van der Waals surface area contributed by atoms with Gasteiger partial charge in [-0.1, -0.05) is 31.1 Å². The van der Waals surface area contributed by atoms with Gasteiger partial charge in [0, 0.05) is 5.82 Å². The van der Waals surface area contributed by atoms with E-state index in [-0.39, 0.29) is 0 Å². The molecule has 26 heavy (non-hydrogen) atoms. The Hall–Kier alpha value is -1.13. The second kappa shape index (κ2) is 12.3. The van der Waals surface area contributed by atoms with Gasteiger partial charge in [-0.05, 0) is 57.2 Å². The molecule has 0 aliphatic rings. The molecule has 0 fully saturated rings. The van der Waals surface area contributed by atoms with Gasteiger partial charge in [0.2, 0.25) is 0 Å². The normalized spacial score (nSPS) is 13.7.